The maximum atomic E-state index is 12.1. The number of ketones is 1. The van der Waals surface area contributed by atoms with E-state index in [2.05, 4.69) is 5.32 Å². The van der Waals surface area contributed by atoms with Gasteiger partial charge in [0.05, 0.1) is 19.8 Å². The molecule has 1 aromatic rings. The third-order valence-electron chi connectivity index (χ3n) is 3.48. The van der Waals surface area contributed by atoms with Crippen LogP contribution in [0.4, 0.5) is 0 Å². The topological polar surface area (TPSA) is 47.6 Å². The van der Waals surface area contributed by atoms with E-state index >= 15 is 0 Å². The van der Waals surface area contributed by atoms with E-state index < -0.39 is 0 Å². The Bertz CT molecular complexity index is 468. The number of hydrogen-bond acceptors (Lipinski definition) is 4. The summed E-state index contributed by atoms with van der Waals surface area (Å²) in [6, 6.07) is 5.44. The predicted molar refractivity (Wildman–Crippen MR) is 72.0 cm³/mol. The van der Waals surface area contributed by atoms with E-state index in [1.165, 1.54) is 12.8 Å². The molecular formula is C15H19NO3. The number of nitrogens with one attached hydrogen (secondary N) is 1. The molecule has 3 rings (SSSR count). The fourth-order valence-electron chi connectivity index (χ4n) is 2.15. The predicted octanol–water partition coefficient (Wildman–Crippen LogP) is 2.03. The van der Waals surface area contributed by atoms with E-state index in [0.29, 0.717) is 31.1 Å². The number of carbonyl (C=O) groups is 1. The molecule has 4 nitrogen and oxygen atoms in total. The Morgan fingerprint density at radius 3 is 2.79 bits per heavy atom. The normalized spacial score (nSPS) is 17.9. The summed E-state index contributed by atoms with van der Waals surface area (Å²) in [5.41, 5.74) is 0.688. The number of rotatable bonds is 5. The van der Waals surface area contributed by atoms with E-state index in [-0.39, 0.29) is 5.78 Å². The molecule has 2 aliphatic rings. The summed E-state index contributed by atoms with van der Waals surface area (Å²) >= 11 is 0. The van der Waals surface area contributed by atoms with E-state index in [1.807, 2.05) is 12.1 Å². The van der Waals surface area contributed by atoms with Crippen LogP contribution in [0, 0.1) is 5.92 Å². The minimum Gasteiger partial charge on any atom is -0.490 e. The first-order valence-corrected chi connectivity index (χ1v) is 6.96. The average Bonchev–Trinajstić information content (AvgIpc) is 3.24. The highest BCUT2D eigenvalue weighted by molar-refractivity contribution is 5.98. The van der Waals surface area contributed by atoms with Gasteiger partial charge in [0.2, 0.25) is 0 Å². The van der Waals surface area contributed by atoms with Crippen LogP contribution in [-0.4, -0.2) is 32.1 Å². The Labute approximate surface area is 113 Å². The summed E-state index contributed by atoms with van der Waals surface area (Å²) < 4.78 is 11.1. The lowest BCUT2D eigenvalue weighted by Gasteiger charge is -2.09. The van der Waals surface area contributed by atoms with Crippen LogP contribution < -0.4 is 14.8 Å². The fraction of sp³-hybridized carbons (Fsp3) is 0.533. The van der Waals surface area contributed by atoms with Crippen molar-refractivity contribution in [1.82, 2.24) is 5.32 Å². The van der Waals surface area contributed by atoms with Gasteiger partial charge in [-0.1, -0.05) is 0 Å². The molecule has 19 heavy (non-hydrogen) atoms. The van der Waals surface area contributed by atoms with E-state index in [4.69, 9.17) is 9.47 Å². The molecule has 1 fully saturated rings. The minimum absolute atomic E-state index is 0.108. The third-order valence-corrected chi connectivity index (χ3v) is 3.48. The van der Waals surface area contributed by atoms with Gasteiger partial charge in [-0.2, -0.15) is 0 Å². The molecule has 0 atom stereocenters. The van der Waals surface area contributed by atoms with Gasteiger partial charge in [0, 0.05) is 12.0 Å². The first-order valence-electron chi connectivity index (χ1n) is 6.96. The van der Waals surface area contributed by atoms with Crippen molar-refractivity contribution in [2.24, 2.45) is 5.92 Å². The van der Waals surface area contributed by atoms with Crippen molar-refractivity contribution in [3.63, 3.8) is 0 Å². The van der Waals surface area contributed by atoms with Crippen molar-refractivity contribution < 1.29 is 14.3 Å². The molecule has 1 saturated carbocycles. The molecule has 1 aromatic carbocycles. The highest BCUT2D eigenvalue weighted by atomic mass is 16.5. The van der Waals surface area contributed by atoms with Gasteiger partial charge in [-0.05, 0) is 43.5 Å². The molecule has 0 saturated heterocycles. The number of ether oxygens (including phenoxy) is 2. The van der Waals surface area contributed by atoms with Crippen LogP contribution in [-0.2, 0) is 0 Å². The molecule has 0 aromatic heterocycles. The highest BCUT2D eigenvalue weighted by Crippen LogP contribution is 2.30. The molecule has 1 heterocycles. The highest BCUT2D eigenvalue weighted by Gasteiger charge is 2.21. The van der Waals surface area contributed by atoms with Crippen LogP contribution in [0.1, 0.15) is 29.6 Å². The molecule has 1 aliphatic heterocycles. The van der Waals surface area contributed by atoms with E-state index in [9.17, 15) is 4.79 Å². The number of fused-ring (bicyclic) bond motifs is 1. The van der Waals surface area contributed by atoms with Crippen LogP contribution in [0.3, 0.4) is 0 Å². The van der Waals surface area contributed by atoms with Gasteiger partial charge in [0.15, 0.2) is 17.3 Å². The maximum Gasteiger partial charge on any atom is 0.176 e. The number of carbonyl (C=O) groups excluding carboxylic acids is 1. The van der Waals surface area contributed by atoms with Gasteiger partial charge in [-0.3, -0.25) is 4.79 Å². The quantitative estimate of drug-likeness (QED) is 0.824. The fourth-order valence-corrected chi connectivity index (χ4v) is 2.15. The van der Waals surface area contributed by atoms with Crippen LogP contribution in [0.5, 0.6) is 11.5 Å². The van der Waals surface area contributed by atoms with Crippen molar-refractivity contribution in [2.45, 2.75) is 19.3 Å². The van der Waals surface area contributed by atoms with Gasteiger partial charge >= 0.3 is 0 Å². The molecule has 4 heteroatoms. The molecule has 0 radical (unpaired) electrons. The lowest BCUT2D eigenvalue weighted by atomic mass is 10.1. The van der Waals surface area contributed by atoms with Crippen LogP contribution in [0.15, 0.2) is 18.2 Å². The van der Waals surface area contributed by atoms with E-state index in [1.54, 1.807) is 6.07 Å². The number of Topliss-reactive ketones (excluding diaryl/α,β-unsaturated/α-hetero) is 1. The molecule has 102 valence electrons. The zero-order valence-corrected chi connectivity index (χ0v) is 11.0. The SMILES string of the molecule is O=C(CNCC1CC1)c1ccc2c(c1)OCCCO2. The summed E-state index contributed by atoms with van der Waals surface area (Å²) in [4.78, 5) is 12.1. The first kappa shape index (κ1) is 12.5. The maximum absolute atomic E-state index is 12.1. The monoisotopic (exact) mass is 261 g/mol. The molecular weight excluding hydrogens is 242 g/mol. The second kappa shape index (κ2) is 5.61. The summed E-state index contributed by atoms with van der Waals surface area (Å²) in [6.07, 6.45) is 3.47. The van der Waals surface area contributed by atoms with Crippen molar-refractivity contribution in [2.75, 3.05) is 26.3 Å². The van der Waals surface area contributed by atoms with Gasteiger partial charge < -0.3 is 14.8 Å². The van der Waals surface area contributed by atoms with Crippen molar-refractivity contribution >= 4 is 5.78 Å². The Hall–Kier alpha value is -1.55. The zero-order valence-electron chi connectivity index (χ0n) is 11.0. The molecule has 0 spiro atoms. The Balaban J connectivity index is 1.62. The Morgan fingerprint density at radius 2 is 2.00 bits per heavy atom. The van der Waals surface area contributed by atoms with Crippen LogP contribution >= 0.6 is 0 Å². The summed E-state index contributed by atoms with van der Waals surface area (Å²) in [5.74, 6) is 2.32. The molecule has 1 N–H and O–H groups in total. The van der Waals surface area contributed by atoms with Crippen molar-refractivity contribution in [3.05, 3.63) is 23.8 Å². The summed E-state index contributed by atoms with van der Waals surface area (Å²) in [7, 11) is 0. The van der Waals surface area contributed by atoms with Crippen molar-refractivity contribution in [1.29, 1.82) is 0 Å². The first-order chi connectivity index (χ1) is 9.33. The standard InChI is InChI=1S/C15H19NO3/c17-13(10-16-9-11-2-3-11)12-4-5-14-15(8-12)19-7-1-6-18-14/h4-5,8,11,16H,1-3,6-7,9-10H2. The van der Waals surface area contributed by atoms with Crippen LogP contribution in [0.2, 0.25) is 0 Å². The zero-order chi connectivity index (χ0) is 13.1. The third kappa shape index (κ3) is 3.26. The Kier molecular flexibility index (Phi) is 3.69. The van der Waals surface area contributed by atoms with Gasteiger partial charge in [0.1, 0.15) is 0 Å². The van der Waals surface area contributed by atoms with Crippen molar-refractivity contribution in [3.8, 4) is 11.5 Å². The largest absolute Gasteiger partial charge is 0.490 e. The molecule has 0 bridgehead atoms. The smallest absolute Gasteiger partial charge is 0.176 e. The second-order valence-electron chi connectivity index (χ2n) is 5.21. The second-order valence-corrected chi connectivity index (χ2v) is 5.21. The average molecular weight is 261 g/mol. The minimum atomic E-state index is 0.108. The Morgan fingerprint density at radius 1 is 1.21 bits per heavy atom. The lowest BCUT2D eigenvalue weighted by molar-refractivity contribution is 0.0990. The van der Waals surface area contributed by atoms with E-state index in [0.717, 1.165) is 24.6 Å². The van der Waals surface area contributed by atoms with Crippen LogP contribution in [0.25, 0.3) is 0 Å². The van der Waals surface area contributed by atoms with Gasteiger partial charge in [0.25, 0.3) is 0 Å². The van der Waals surface area contributed by atoms with Gasteiger partial charge in [-0.15, -0.1) is 0 Å². The lowest BCUT2D eigenvalue weighted by Crippen LogP contribution is -2.25. The van der Waals surface area contributed by atoms with Gasteiger partial charge in [-0.25, -0.2) is 0 Å². The summed E-state index contributed by atoms with van der Waals surface area (Å²) in [5, 5.41) is 3.22. The molecule has 0 unspecified atom stereocenters. The summed E-state index contributed by atoms with van der Waals surface area (Å²) in [6.45, 7) is 2.67. The number of hydrogen-bond donors (Lipinski definition) is 1. The number of benzene rings is 1. The molecule has 0 amide bonds. The molecule has 1 aliphatic carbocycles.